The molecule has 0 aliphatic rings. The van der Waals surface area contributed by atoms with Crippen LogP contribution in [0, 0.1) is 0 Å². The number of hydrogen-bond donors (Lipinski definition) is 1. The van der Waals surface area contributed by atoms with Crippen molar-refractivity contribution >= 4 is 34.0 Å². The van der Waals surface area contributed by atoms with Crippen molar-refractivity contribution in [2.75, 3.05) is 7.11 Å². The average Bonchev–Trinajstić information content (AvgIpc) is 2.77. The summed E-state index contributed by atoms with van der Waals surface area (Å²) in [4.78, 5) is 24.5. The van der Waals surface area contributed by atoms with Gasteiger partial charge in [0.2, 0.25) is 0 Å². The Kier molecular flexibility index (Phi) is 13.4. The molecule has 0 radical (unpaired) electrons. The first-order valence-corrected chi connectivity index (χ1v) is 20.3. The summed E-state index contributed by atoms with van der Waals surface area (Å²) in [5, 5.41) is 2.68. The second kappa shape index (κ2) is 14.9. The Morgan fingerprint density at radius 3 is 1.79 bits per heavy atom. The zero-order valence-corrected chi connectivity index (χ0v) is 24.9. The Hall–Kier alpha value is -1.24. The van der Waals surface area contributed by atoms with Crippen LogP contribution in [0.15, 0.2) is 24.3 Å². The first-order valence-electron chi connectivity index (χ1n) is 12.8. The van der Waals surface area contributed by atoms with E-state index in [9.17, 15) is 9.59 Å². The molecular weight excluding hydrogens is 521 g/mol. The van der Waals surface area contributed by atoms with E-state index in [4.69, 9.17) is 9.47 Å². The monoisotopic (exact) mass is 569 g/mol. The minimum absolute atomic E-state index is 0.383. The van der Waals surface area contributed by atoms with Gasteiger partial charge in [0.1, 0.15) is 0 Å². The van der Waals surface area contributed by atoms with E-state index in [0.29, 0.717) is 6.42 Å². The summed E-state index contributed by atoms with van der Waals surface area (Å²) in [6.07, 6.45) is 7.53. The number of carbonyl (C=O) groups excluding carboxylic acids is 2. The molecule has 5 nitrogen and oxygen atoms in total. The molecule has 33 heavy (non-hydrogen) atoms. The molecule has 0 saturated carbocycles. The third-order valence-electron chi connectivity index (χ3n) is 6.21. The molecular formula is C27H47NO4Sn. The van der Waals surface area contributed by atoms with Gasteiger partial charge in [-0.05, 0) is 0 Å². The summed E-state index contributed by atoms with van der Waals surface area (Å²) in [7, 11) is 1.34. The fourth-order valence-corrected chi connectivity index (χ4v) is 20.3. The summed E-state index contributed by atoms with van der Waals surface area (Å²) < 4.78 is 16.1. The van der Waals surface area contributed by atoms with Crippen molar-refractivity contribution < 1.29 is 19.1 Å². The maximum absolute atomic E-state index is 12.3. The van der Waals surface area contributed by atoms with Crippen molar-refractivity contribution in [1.29, 1.82) is 0 Å². The number of hydrogen-bond acceptors (Lipinski definition) is 4. The van der Waals surface area contributed by atoms with Crippen LogP contribution in [0.2, 0.25) is 13.3 Å². The molecule has 1 amide bonds. The number of amides is 1. The zero-order chi connectivity index (χ0) is 24.9. The van der Waals surface area contributed by atoms with E-state index in [1.165, 1.54) is 58.9 Å². The third-order valence-corrected chi connectivity index (χ3v) is 21.9. The SMILES string of the molecule is CCC[CH2][Sn]([CH2]CCC)([CH2]CCC)[c]1ccc(CC(NC(=O)OC(C)(C)C)C(=O)OC)cc1. The number of carbonyl (C=O) groups is 2. The van der Waals surface area contributed by atoms with Gasteiger partial charge in [0.15, 0.2) is 0 Å². The molecule has 0 aliphatic carbocycles. The van der Waals surface area contributed by atoms with E-state index in [1.54, 1.807) is 24.4 Å². The Balaban J connectivity index is 3.09. The summed E-state index contributed by atoms with van der Waals surface area (Å²) in [6.45, 7) is 12.3. The summed E-state index contributed by atoms with van der Waals surface area (Å²) in [6, 6.07) is 8.18. The normalized spacial score (nSPS) is 12.8. The zero-order valence-electron chi connectivity index (χ0n) is 22.1. The second-order valence-corrected chi connectivity index (χ2v) is 23.5. The standard InChI is InChI=1S/C15H20NO4.3C4H9.Sn/c1-15(2,3)20-14(18)16-12(13(17)19-4)10-11-8-6-5-7-9-11;3*1-3-4-2;/h6-9,12H,10H2,1-4H3,(H,16,18);3*1,3-4H2,2H3;. The van der Waals surface area contributed by atoms with Crippen LogP contribution in [-0.2, 0) is 20.7 Å². The van der Waals surface area contributed by atoms with Crippen molar-refractivity contribution in [2.24, 2.45) is 0 Å². The van der Waals surface area contributed by atoms with Gasteiger partial charge in [-0.1, -0.05) is 0 Å². The van der Waals surface area contributed by atoms with E-state index in [1.807, 2.05) is 0 Å². The molecule has 1 aromatic rings. The predicted molar refractivity (Wildman–Crippen MR) is 140 cm³/mol. The number of unbranched alkanes of at least 4 members (excludes halogenated alkanes) is 3. The number of methoxy groups -OCH3 is 1. The van der Waals surface area contributed by atoms with Crippen molar-refractivity contribution in [2.45, 2.75) is 111 Å². The van der Waals surface area contributed by atoms with E-state index in [-0.39, 0.29) is 0 Å². The van der Waals surface area contributed by atoms with Gasteiger partial charge in [0, 0.05) is 0 Å². The number of rotatable bonds is 14. The number of benzene rings is 1. The van der Waals surface area contributed by atoms with Gasteiger partial charge in [0.25, 0.3) is 0 Å². The molecule has 0 bridgehead atoms. The molecule has 188 valence electrons. The fraction of sp³-hybridized carbons (Fsp3) is 0.704. The van der Waals surface area contributed by atoms with Gasteiger partial charge in [-0.3, -0.25) is 0 Å². The molecule has 0 aromatic heterocycles. The summed E-state index contributed by atoms with van der Waals surface area (Å²) >= 11 is -2.47. The van der Waals surface area contributed by atoms with Crippen LogP contribution in [0.4, 0.5) is 4.79 Å². The number of ether oxygens (including phenoxy) is 2. The molecule has 6 heteroatoms. The molecule has 1 unspecified atom stereocenters. The van der Waals surface area contributed by atoms with Crippen LogP contribution in [0.1, 0.15) is 85.6 Å². The minimum atomic E-state index is -2.47. The Bertz CT molecular complexity index is 690. The molecule has 1 rings (SSSR count). The van der Waals surface area contributed by atoms with E-state index < -0.39 is 42.1 Å². The van der Waals surface area contributed by atoms with Crippen LogP contribution < -0.4 is 8.90 Å². The third kappa shape index (κ3) is 10.7. The molecule has 0 aliphatic heterocycles. The van der Waals surface area contributed by atoms with Crippen LogP contribution in [-0.4, -0.2) is 49.2 Å². The second-order valence-electron chi connectivity index (χ2n) is 10.2. The van der Waals surface area contributed by atoms with E-state index in [2.05, 4.69) is 50.4 Å². The molecule has 0 fully saturated rings. The first kappa shape index (κ1) is 29.8. The van der Waals surface area contributed by atoms with Crippen LogP contribution in [0.3, 0.4) is 0 Å². The van der Waals surface area contributed by atoms with Crippen molar-refractivity contribution in [3.8, 4) is 0 Å². The van der Waals surface area contributed by atoms with Gasteiger partial charge < -0.3 is 0 Å². The van der Waals surface area contributed by atoms with Gasteiger partial charge in [-0.2, -0.15) is 0 Å². The topological polar surface area (TPSA) is 64.6 Å². The van der Waals surface area contributed by atoms with Gasteiger partial charge in [-0.15, -0.1) is 0 Å². The van der Waals surface area contributed by atoms with E-state index >= 15 is 0 Å². The Morgan fingerprint density at radius 2 is 1.39 bits per heavy atom. The van der Waals surface area contributed by atoms with Crippen molar-refractivity contribution in [3.05, 3.63) is 29.8 Å². The molecule has 0 saturated heterocycles. The number of esters is 1. The predicted octanol–water partition coefficient (Wildman–Crippen LogP) is 6.35. The van der Waals surface area contributed by atoms with Crippen molar-refractivity contribution in [1.82, 2.24) is 5.32 Å². The fourth-order valence-electron chi connectivity index (χ4n) is 4.37. The van der Waals surface area contributed by atoms with Crippen LogP contribution in [0.25, 0.3) is 0 Å². The van der Waals surface area contributed by atoms with Gasteiger partial charge >= 0.3 is 207 Å². The first-order chi connectivity index (χ1) is 15.6. The van der Waals surface area contributed by atoms with Gasteiger partial charge in [-0.25, -0.2) is 0 Å². The Labute approximate surface area is 206 Å². The molecule has 1 atom stereocenters. The Morgan fingerprint density at radius 1 is 0.909 bits per heavy atom. The molecule has 0 spiro atoms. The van der Waals surface area contributed by atoms with Crippen LogP contribution >= 0.6 is 0 Å². The summed E-state index contributed by atoms with van der Waals surface area (Å²) in [5.74, 6) is -0.465. The van der Waals surface area contributed by atoms with Crippen LogP contribution in [0.5, 0.6) is 0 Å². The number of nitrogens with one attached hydrogen (secondary N) is 1. The van der Waals surface area contributed by atoms with Crippen molar-refractivity contribution in [3.63, 3.8) is 0 Å². The quantitative estimate of drug-likeness (QED) is 0.210. The molecule has 1 aromatic carbocycles. The average molecular weight is 568 g/mol. The van der Waals surface area contributed by atoms with E-state index in [0.717, 1.165) is 5.56 Å². The van der Waals surface area contributed by atoms with Gasteiger partial charge in [0.05, 0.1) is 0 Å². The maximum atomic E-state index is 12.3. The molecule has 0 heterocycles. The molecule has 1 N–H and O–H groups in total. The summed E-state index contributed by atoms with van der Waals surface area (Å²) in [5.41, 5.74) is 0.393. The number of alkyl carbamates (subject to hydrolysis) is 1.